The maximum absolute atomic E-state index is 11.6. The molecule has 0 atom stereocenters. The fraction of sp³-hybridized carbons (Fsp3) is 0.211. The van der Waals surface area contributed by atoms with Crippen LogP contribution in [0.1, 0.15) is 25.0 Å². The molecule has 0 unspecified atom stereocenters. The number of amides is 2. The van der Waals surface area contributed by atoms with Gasteiger partial charge in [-0.1, -0.05) is 41.4 Å². The van der Waals surface area contributed by atoms with Crippen molar-refractivity contribution in [3.63, 3.8) is 0 Å². The molecule has 27 heavy (non-hydrogen) atoms. The van der Waals surface area contributed by atoms with Crippen molar-refractivity contribution in [3.8, 4) is 5.75 Å². The molecule has 0 spiro atoms. The average molecular weight is 408 g/mol. The van der Waals surface area contributed by atoms with Crippen LogP contribution < -0.4 is 15.5 Å². The zero-order valence-corrected chi connectivity index (χ0v) is 16.3. The molecule has 0 saturated carbocycles. The lowest BCUT2D eigenvalue weighted by Crippen LogP contribution is -2.41. The first-order valence-corrected chi connectivity index (χ1v) is 8.92. The Morgan fingerprint density at radius 3 is 2.59 bits per heavy atom. The molecule has 8 heteroatoms. The van der Waals surface area contributed by atoms with Crippen LogP contribution in [0.4, 0.5) is 0 Å². The Bertz CT molecular complexity index is 854. The van der Waals surface area contributed by atoms with Crippen LogP contribution in [0.3, 0.4) is 0 Å². The molecule has 6 nitrogen and oxygen atoms in total. The monoisotopic (exact) mass is 407 g/mol. The van der Waals surface area contributed by atoms with Gasteiger partial charge in [0.1, 0.15) is 12.4 Å². The minimum absolute atomic E-state index is 0.138. The summed E-state index contributed by atoms with van der Waals surface area (Å²) in [6.07, 6.45) is 1.40. The predicted octanol–water partition coefficient (Wildman–Crippen LogP) is 3.55. The van der Waals surface area contributed by atoms with Crippen LogP contribution in [0.2, 0.25) is 10.0 Å². The Morgan fingerprint density at radius 2 is 1.89 bits per heavy atom. The second-order valence-electron chi connectivity index (χ2n) is 5.89. The lowest BCUT2D eigenvalue weighted by atomic mass is 10.2. The van der Waals surface area contributed by atoms with E-state index in [0.717, 1.165) is 5.56 Å². The minimum Gasteiger partial charge on any atom is -0.488 e. The van der Waals surface area contributed by atoms with Crippen molar-refractivity contribution in [1.82, 2.24) is 10.7 Å². The zero-order chi connectivity index (χ0) is 19.8. The highest BCUT2D eigenvalue weighted by Gasteiger charge is 2.13. The van der Waals surface area contributed by atoms with Crippen molar-refractivity contribution in [2.45, 2.75) is 26.5 Å². The minimum atomic E-state index is -0.841. The molecular weight excluding hydrogens is 389 g/mol. The van der Waals surface area contributed by atoms with E-state index >= 15 is 0 Å². The molecule has 0 aliphatic rings. The fourth-order valence-electron chi connectivity index (χ4n) is 2.05. The number of hydrogen-bond donors (Lipinski definition) is 2. The smallest absolute Gasteiger partial charge is 0.329 e. The number of para-hydroxylation sites is 1. The summed E-state index contributed by atoms with van der Waals surface area (Å²) in [5.74, 6) is -1.04. The topological polar surface area (TPSA) is 79.8 Å². The molecule has 2 N–H and O–H groups in total. The van der Waals surface area contributed by atoms with Crippen LogP contribution >= 0.6 is 23.2 Å². The number of rotatable bonds is 6. The van der Waals surface area contributed by atoms with Gasteiger partial charge in [-0.05, 0) is 38.1 Å². The first-order chi connectivity index (χ1) is 12.9. The third-order valence-electron chi connectivity index (χ3n) is 3.31. The third kappa shape index (κ3) is 6.58. The lowest BCUT2D eigenvalue weighted by Gasteiger charge is -2.10. The molecular formula is C19H19Cl2N3O3. The summed E-state index contributed by atoms with van der Waals surface area (Å²) in [4.78, 5) is 23.2. The normalized spacial score (nSPS) is 10.9. The van der Waals surface area contributed by atoms with Gasteiger partial charge in [0.2, 0.25) is 0 Å². The van der Waals surface area contributed by atoms with Crippen LogP contribution in [0.25, 0.3) is 0 Å². The van der Waals surface area contributed by atoms with E-state index in [1.165, 1.54) is 6.21 Å². The van der Waals surface area contributed by atoms with Gasteiger partial charge in [-0.2, -0.15) is 5.10 Å². The number of benzene rings is 2. The molecule has 0 bridgehead atoms. The van der Waals surface area contributed by atoms with Crippen molar-refractivity contribution >= 4 is 41.2 Å². The highest BCUT2D eigenvalue weighted by atomic mass is 35.5. The summed E-state index contributed by atoms with van der Waals surface area (Å²) >= 11 is 12.0. The van der Waals surface area contributed by atoms with Crippen molar-refractivity contribution < 1.29 is 14.3 Å². The van der Waals surface area contributed by atoms with E-state index in [-0.39, 0.29) is 12.6 Å². The highest BCUT2D eigenvalue weighted by Crippen LogP contribution is 2.23. The summed E-state index contributed by atoms with van der Waals surface area (Å²) in [6.45, 7) is 3.76. The molecule has 0 aliphatic heterocycles. The van der Waals surface area contributed by atoms with Crippen LogP contribution in [0.15, 0.2) is 47.6 Å². The number of halogens is 2. The van der Waals surface area contributed by atoms with Gasteiger partial charge in [-0.25, -0.2) is 5.43 Å². The SMILES string of the molecule is CC(C)NC(=O)C(=O)N/N=C\c1ccccc1OCc1ccc(Cl)cc1Cl. The lowest BCUT2D eigenvalue weighted by molar-refractivity contribution is -0.139. The maximum Gasteiger partial charge on any atom is 0.329 e. The van der Waals surface area contributed by atoms with Crippen LogP contribution in [0.5, 0.6) is 5.75 Å². The zero-order valence-electron chi connectivity index (χ0n) is 14.8. The van der Waals surface area contributed by atoms with Crippen LogP contribution in [0, 0.1) is 0 Å². The molecule has 2 aromatic carbocycles. The number of hydrazone groups is 1. The molecule has 2 amide bonds. The molecule has 0 aromatic heterocycles. The molecule has 2 aromatic rings. The van der Waals surface area contributed by atoms with Crippen molar-refractivity contribution in [1.29, 1.82) is 0 Å². The predicted molar refractivity (Wildman–Crippen MR) is 106 cm³/mol. The average Bonchev–Trinajstić information content (AvgIpc) is 2.61. The van der Waals surface area contributed by atoms with Gasteiger partial charge in [0.25, 0.3) is 0 Å². The summed E-state index contributed by atoms with van der Waals surface area (Å²) in [6, 6.07) is 12.2. The van der Waals surface area contributed by atoms with Crippen molar-refractivity contribution in [3.05, 3.63) is 63.6 Å². The van der Waals surface area contributed by atoms with Gasteiger partial charge in [0.15, 0.2) is 0 Å². The molecule has 0 radical (unpaired) electrons. The number of carbonyl (C=O) groups excluding carboxylic acids is 2. The molecule has 0 fully saturated rings. The third-order valence-corrected chi connectivity index (χ3v) is 3.90. The fourth-order valence-corrected chi connectivity index (χ4v) is 2.51. The van der Waals surface area contributed by atoms with E-state index in [9.17, 15) is 9.59 Å². The van der Waals surface area contributed by atoms with Gasteiger partial charge in [-0.3, -0.25) is 9.59 Å². The molecule has 0 heterocycles. The second kappa shape index (κ2) is 9.94. The van der Waals surface area contributed by atoms with Gasteiger partial charge < -0.3 is 10.1 Å². The molecule has 0 saturated heterocycles. The van der Waals surface area contributed by atoms with Gasteiger partial charge in [0.05, 0.1) is 6.21 Å². The Balaban J connectivity index is 2.00. The Hall–Kier alpha value is -2.57. The molecule has 142 valence electrons. The second-order valence-corrected chi connectivity index (χ2v) is 6.73. The number of nitrogens with one attached hydrogen (secondary N) is 2. The standard InChI is InChI=1S/C19H19Cl2N3O3/c1-12(2)23-18(25)19(26)24-22-10-13-5-3-4-6-17(13)27-11-14-7-8-15(20)9-16(14)21/h3-10,12H,11H2,1-2H3,(H,23,25)(H,24,26)/b22-10-. The molecule has 2 rings (SSSR count). The van der Waals surface area contributed by atoms with E-state index < -0.39 is 11.8 Å². The van der Waals surface area contributed by atoms with Crippen LogP contribution in [-0.2, 0) is 16.2 Å². The Labute approximate surface area is 167 Å². The van der Waals surface area contributed by atoms with E-state index in [0.29, 0.717) is 21.4 Å². The molecule has 0 aliphatic carbocycles. The van der Waals surface area contributed by atoms with E-state index in [4.69, 9.17) is 27.9 Å². The summed E-state index contributed by atoms with van der Waals surface area (Å²) in [7, 11) is 0. The van der Waals surface area contributed by atoms with Crippen molar-refractivity contribution in [2.75, 3.05) is 0 Å². The summed E-state index contributed by atoms with van der Waals surface area (Å²) in [5.41, 5.74) is 3.60. The number of carbonyl (C=O) groups is 2. The van der Waals surface area contributed by atoms with Gasteiger partial charge >= 0.3 is 11.8 Å². The maximum atomic E-state index is 11.6. The van der Waals surface area contributed by atoms with Crippen LogP contribution in [-0.4, -0.2) is 24.1 Å². The van der Waals surface area contributed by atoms with E-state index in [2.05, 4.69) is 15.8 Å². The van der Waals surface area contributed by atoms with E-state index in [1.807, 2.05) is 6.07 Å². The quantitative estimate of drug-likeness (QED) is 0.436. The Morgan fingerprint density at radius 1 is 1.15 bits per heavy atom. The summed E-state index contributed by atoms with van der Waals surface area (Å²) < 4.78 is 5.79. The van der Waals surface area contributed by atoms with Gasteiger partial charge in [0, 0.05) is 27.2 Å². The number of hydrogen-bond acceptors (Lipinski definition) is 4. The first-order valence-electron chi connectivity index (χ1n) is 8.16. The highest BCUT2D eigenvalue weighted by molar-refractivity contribution is 6.35. The largest absolute Gasteiger partial charge is 0.488 e. The number of ether oxygens (including phenoxy) is 1. The van der Waals surface area contributed by atoms with Crippen molar-refractivity contribution in [2.24, 2.45) is 5.10 Å². The summed E-state index contributed by atoms with van der Waals surface area (Å²) in [5, 5.41) is 7.35. The van der Waals surface area contributed by atoms with E-state index in [1.54, 1.807) is 50.2 Å². The first kappa shape index (κ1) is 20.7. The van der Waals surface area contributed by atoms with Gasteiger partial charge in [-0.15, -0.1) is 0 Å². The Kier molecular flexibility index (Phi) is 7.64. The number of nitrogens with zero attached hydrogens (tertiary/aromatic N) is 1.